The number of hydrogen-bond donors (Lipinski definition) is 2. The van der Waals surface area contributed by atoms with E-state index in [0.717, 1.165) is 17.7 Å². The summed E-state index contributed by atoms with van der Waals surface area (Å²) >= 11 is 0. The smallest absolute Gasteiger partial charge is 0.166 e. The summed E-state index contributed by atoms with van der Waals surface area (Å²) in [6, 6.07) is 12.3. The maximum Gasteiger partial charge on any atom is 0.166 e. The van der Waals surface area contributed by atoms with Crippen LogP contribution >= 0.6 is 0 Å². The van der Waals surface area contributed by atoms with Crippen molar-refractivity contribution in [2.24, 2.45) is 0 Å². The van der Waals surface area contributed by atoms with Gasteiger partial charge in [0.1, 0.15) is 5.75 Å². The lowest BCUT2D eigenvalue weighted by atomic mass is 10.1. The fraction of sp³-hybridized carbons (Fsp3) is 0.294. The number of ether oxygens (including phenoxy) is 1. The van der Waals surface area contributed by atoms with E-state index < -0.39 is 0 Å². The van der Waals surface area contributed by atoms with Crippen LogP contribution in [0.15, 0.2) is 42.5 Å². The molecule has 3 nitrogen and oxygen atoms in total. The second-order valence-corrected chi connectivity index (χ2v) is 4.73. The molecule has 0 aromatic heterocycles. The van der Waals surface area contributed by atoms with E-state index in [-0.39, 0.29) is 18.2 Å². The standard InChI is InChI=1S/C17H20FNO2/c1-2-19-12-13-7-8-17(15(18)11-13)21-16-6-4-3-5-14(16)9-10-20/h3-8,11,19-20H,2,9-10,12H2,1H3. The first-order chi connectivity index (χ1) is 10.2. The Kier molecular flexibility index (Phi) is 5.72. The van der Waals surface area contributed by atoms with Gasteiger partial charge < -0.3 is 15.2 Å². The lowest BCUT2D eigenvalue weighted by Gasteiger charge is -2.12. The minimum atomic E-state index is -0.385. The number of aliphatic hydroxyl groups excluding tert-OH is 1. The Hall–Kier alpha value is -1.91. The maximum absolute atomic E-state index is 14.1. The first kappa shape index (κ1) is 15.5. The molecule has 0 atom stereocenters. The van der Waals surface area contributed by atoms with Gasteiger partial charge in [0.2, 0.25) is 0 Å². The molecule has 2 rings (SSSR count). The van der Waals surface area contributed by atoms with Gasteiger partial charge in [0.05, 0.1) is 0 Å². The van der Waals surface area contributed by atoms with Crippen LogP contribution in [0.25, 0.3) is 0 Å². The van der Waals surface area contributed by atoms with Crippen molar-refractivity contribution in [1.82, 2.24) is 5.32 Å². The van der Waals surface area contributed by atoms with Crippen LogP contribution in [-0.2, 0) is 13.0 Å². The van der Waals surface area contributed by atoms with Crippen molar-refractivity contribution < 1.29 is 14.2 Å². The lowest BCUT2D eigenvalue weighted by molar-refractivity contribution is 0.297. The summed E-state index contributed by atoms with van der Waals surface area (Å²) < 4.78 is 19.7. The molecule has 0 unspecified atom stereocenters. The third kappa shape index (κ3) is 4.28. The topological polar surface area (TPSA) is 41.5 Å². The Labute approximate surface area is 124 Å². The molecule has 0 fully saturated rings. The second-order valence-electron chi connectivity index (χ2n) is 4.73. The Morgan fingerprint density at radius 2 is 1.95 bits per heavy atom. The van der Waals surface area contributed by atoms with Gasteiger partial charge in [0, 0.05) is 13.2 Å². The zero-order valence-corrected chi connectivity index (χ0v) is 12.1. The molecule has 0 heterocycles. The van der Waals surface area contributed by atoms with E-state index in [1.54, 1.807) is 12.1 Å². The summed E-state index contributed by atoms with van der Waals surface area (Å²) in [7, 11) is 0. The Balaban J connectivity index is 2.16. The van der Waals surface area contributed by atoms with E-state index in [2.05, 4.69) is 5.32 Å². The van der Waals surface area contributed by atoms with Crippen LogP contribution in [0, 0.1) is 5.82 Å². The maximum atomic E-state index is 14.1. The molecule has 0 aliphatic heterocycles. The highest BCUT2D eigenvalue weighted by molar-refractivity contribution is 5.39. The molecule has 21 heavy (non-hydrogen) atoms. The van der Waals surface area contributed by atoms with Crippen LogP contribution in [-0.4, -0.2) is 18.3 Å². The number of hydrogen-bond acceptors (Lipinski definition) is 3. The minimum absolute atomic E-state index is 0.0322. The van der Waals surface area contributed by atoms with Gasteiger partial charge in [-0.25, -0.2) is 4.39 Å². The predicted octanol–water partition coefficient (Wildman–Crippen LogP) is 3.26. The second kappa shape index (κ2) is 7.76. The quantitative estimate of drug-likeness (QED) is 0.822. The molecule has 0 saturated carbocycles. The Bertz CT molecular complexity index is 587. The monoisotopic (exact) mass is 289 g/mol. The molecule has 0 amide bonds. The van der Waals surface area contributed by atoms with Gasteiger partial charge in [-0.05, 0) is 42.3 Å². The van der Waals surface area contributed by atoms with Gasteiger partial charge in [0.15, 0.2) is 11.6 Å². The predicted molar refractivity (Wildman–Crippen MR) is 81.1 cm³/mol. The number of para-hydroxylation sites is 1. The molecule has 0 spiro atoms. The average Bonchev–Trinajstić information content (AvgIpc) is 2.49. The van der Waals surface area contributed by atoms with Crippen molar-refractivity contribution in [1.29, 1.82) is 0 Å². The van der Waals surface area contributed by atoms with Crippen LogP contribution in [0.2, 0.25) is 0 Å². The molecule has 0 saturated heterocycles. The van der Waals surface area contributed by atoms with E-state index >= 15 is 0 Å². The first-order valence-electron chi connectivity index (χ1n) is 7.10. The summed E-state index contributed by atoms with van der Waals surface area (Å²) in [4.78, 5) is 0. The van der Waals surface area contributed by atoms with Gasteiger partial charge in [-0.1, -0.05) is 31.2 Å². The van der Waals surface area contributed by atoms with Gasteiger partial charge in [-0.2, -0.15) is 0 Å². The molecule has 4 heteroatoms. The van der Waals surface area contributed by atoms with Crippen molar-refractivity contribution in [3.63, 3.8) is 0 Å². The van der Waals surface area contributed by atoms with Crippen molar-refractivity contribution in [2.45, 2.75) is 19.9 Å². The zero-order chi connectivity index (χ0) is 15.1. The summed E-state index contributed by atoms with van der Waals surface area (Å²) in [5.74, 6) is 0.384. The van der Waals surface area contributed by atoms with E-state index in [0.29, 0.717) is 18.7 Å². The van der Waals surface area contributed by atoms with Gasteiger partial charge in [-0.15, -0.1) is 0 Å². The highest BCUT2D eigenvalue weighted by Crippen LogP contribution is 2.28. The van der Waals surface area contributed by atoms with Crippen LogP contribution in [0.4, 0.5) is 4.39 Å². The SMILES string of the molecule is CCNCc1ccc(Oc2ccccc2CCO)c(F)c1. The molecule has 2 N–H and O–H groups in total. The summed E-state index contributed by atoms with van der Waals surface area (Å²) in [5.41, 5.74) is 1.74. The summed E-state index contributed by atoms with van der Waals surface area (Å²) in [5, 5.41) is 12.2. The van der Waals surface area contributed by atoms with Gasteiger partial charge >= 0.3 is 0 Å². The molecule has 2 aromatic carbocycles. The molecule has 0 bridgehead atoms. The number of nitrogens with one attached hydrogen (secondary N) is 1. The largest absolute Gasteiger partial charge is 0.454 e. The Morgan fingerprint density at radius 1 is 1.14 bits per heavy atom. The number of aliphatic hydroxyl groups is 1. The van der Waals surface area contributed by atoms with Gasteiger partial charge in [-0.3, -0.25) is 0 Å². The molecule has 2 aromatic rings. The van der Waals surface area contributed by atoms with E-state index in [9.17, 15) is 4.39 Å². The summed E-state index contributed by atoms with van der Waals surface area (Å²) in [6.45, 7) is 3.51. The van der Waals surface area contributed by atoms with E-state index in [1.807, 2.05) is 31.2 Å². The Morgan fingerprint density at radius 3 is 2.67 bits per heavy atom. The van der Waals surface area contributed by atoms with E-state index in [1.165, 1.54) is 6.07 Å². The molecule has 112 valence electrons. The highest BCUT2D eigenvalue weighted by Gasteiger charge is 2.09. The number of rotatable bonds is 7. The zero-order valence-electron chi connectivity index (χ0n) is 12.1. The molecular weight excluding hydrogens is 269 g/mol. The fourth-order valence-corrected chi connectivity index (χ4v) is 2.06. The first-order valence-corrected chi connectivity index (χ1v) is 7.10. The van der Waals surface area contributed by atoms with Crippen LogP contribution < -0.4 is 10.1 Å². The summed E-state index contributed by atoms with van der Waals surface area (Å²) in [6.07, 6.45) is 0.482. The number of halogens is 1. The average molecular weight is 289 g/mol. The molecule has 0 radical (unpaired) electrons. The van der Waals surface area contributed by atoms with Crippen LogP contribution in [0.5, 0.6) is 11.5 Å². The minimum Gasteiger partial charge on any atom is -0.454 e. The normalized spacial score (nSPS) is 10.6. The fourth-order valence-electron chi connectivity index (χ4n) is 2.06. The van der Waals surface area contributed by atoms with Gasteiger partial charge in [0.25, 0.3) is 0 Å². The molecule has 0 aliphatic carbocycles. The molecule has 0 aliphatic rings. The highest BCUT2D eigenvalue weighted by atomic mass is 19.1. The van der Waals surface area contributed by atoms with Crippen molar-refractivity contribution >= 4 is 0 Å². The van der Waals surface area contributed by atoms with Crippen LogP contribution in [0.3, 0.4) is 0 Å². The van der Waals surface area contributed by atoms with Crippen LogP contribution in [0.1, 0.15) is 18.1 Å². The third-order valence-corrected chi connectivity index (χ3v) is 3.15. The third-order valence-electron chi connectivity index (χ3n) is 3.15. The lowest BCUT2D eigenvalue weighted by Crippen LogP contribution is -2.11. The molecular formula is C17H20FNO2. The van der Waals surface area contributed by atoms with Crippen molar-refractivity contribution in [2.75, 3.05) is 13.2 Å². The van der Waals surface area contributed by atoms with Crippen molar-refractivity contribution in [3.05, 3.63) is 59.4 Å². The van der Waals surface area contributed by atoms with E-state index in [4.69, 9.17) is 9.84 Å². The number of benzene rings is 2. The van der Waals surface area contributed by atoms with Crippen molar-refractivity contribution in [3.8, 4) is 11.5 Å².